The van der Waals surface area contributed by atoms with Crippen molar-refractivity contribution in [2.45, 2.75) is 19.4 Å². The van der Waals surface area contributed by atoms with Crippen LogP contribution < -0.4 is 4.74 Å². The van der Waals surface area contributed by atoms with Gasteiger partial charge in [-0.05, 0) is 29.7 Å². The van der Waals surface area contributed by atoms with E-state index in [0.717, 1.165) is 16.9 Å². The summed E-state index contributed by atoms with van der Waals surface area (Å²) in [5.41, 5.74) is 2.01. The number of benzene rings is 2. The number of methoxy groups -OCH3 is 1. The molecule has 1 saturated heterocycles. The van der Waals surface area contributed by atoms with E-state index in [1.807, 2.05) is 54.6 Å². The van der Waals surface area contributed by atoms with Gasteiger partial charge in [-0.3, -0.25) is 14.5 Å². The molecule has 0 aromatic heterocycles. The third kappa shape index (κ3) is 3.42. The zero-order chi connectivity index (χ0) is 16.2. The Morgan fingerprint density at radius 1 is 1.00 bits per heavy atom. The predicted molar refractivity (Wildman–Crippen MR) is 86.8 cm³/mol. The maximum Gasteiger partial charge on any atom is 0.233 e. The predicted octanol–water partition coefficient (Wildman–Crippen LogP) is 2.81. The molecular weight excluding hydrogens is 290 g/mol. The van der Waals surface area contributed by atoms with Crippen LogP contribution >= 0.6 is 0 Å². The van der Waals surface area contributed by atoms with Gasteiger partial charge in [0.05, 0.1) is 19.6 Å². The SMILES string of the molecule is COc1ccc(CN2C(=O)CC(Cc3ccccc3)C2=O)cc1. The normalized spacial score (nSPS) is 17.6. The van der Waals surface area contributed by atoms with Crippen LogP contribution in [0.5, 0.6) is 5.75 Å². The van der Waals surface area contributed by atoms with Gasteiger partial charge in [-0.2, -0.15) is 0 Å². The van der Waals surface area contributed by atoms with Gasteiger partial charge in [0, 0.05) is 6.42 Å². The molecule has 2 aromatic rings. The Kier molecular flexibility index (Phi) is 4.42. The zero-order valence-corrected chi connectivity index (χ0v) is 13.1. The zero-order valence-electron chi connectivity index (χ0n) is 13.1. The van der Waals surface area contributed by atoms with Gasteiger partial charge in [-0.1, -0.05) is 42.5 Å². The van der Waals surface area contributed by atoms with Gasteiger partial charge >= 0.3 is 0 Å². The Morgan fingerprint density at radius 2 is 1.70 bits per heavy atom. The molecule has 2 amide bonds. The van der Waals surface area contributed by atoms with Crippen molar-refractivity contribution in [3.63, 3.8) is 0 Å². The number of carbonyl (C=O) groups excluding carboxylic acids is 2. The average Bonchev–Trinajstić information content (AvgIpc) is 2.84. The highest BCUT2D eigenvalue weighted by Gasteiger charge is 2.38. The van der Waals surface area contributed by atoms with Gasteiger partial charge in [0.2, 0.25) is 11.8 Å². The Balaban J connectivity index is 1.68. The maximum absolute atomic E-state index is 12.5. The number of likely N-dealkylation sites (tertiary alicyclic amines) is 1. The highest BCUT2D eigenvalue weighted by atomic mass is 16.5. The molecule has 0 saturated carbocycles. The first-order valence-corrected chi connectivity index (χ1v) is 7.68. The van der Waals surface area contributed by atoms with Crippen molar-refractivity contribution in [2.75, 3.05) is 7.11 Å². The molecule has 4 heteroatoms. The molecular formula is C19H19NO3. The molecule has 2 aromatic carbocycles. The smallest absolute Gasteiger partial charge is 0.233 e. The van der Waals surface area contributed by atoms with Crippen LogP contribution in [-0.2, 0) is 22.6 Å². The molecule has 0 N–H and O–H groups in total. The minimum Gasteiger partial charge on any atom is -0.497 e. The summed E-state index contributed by atoms with van der Waals surface area (Å²) in [6.45, 7) is 0.326. The lowest BCUT2D eigenvalue weighted by atomic mass is 9.98. The second-order valence-electron chi connectivity index (χ2n) is 5.76. The highest BCUT2D eigenvalue weighted by Crippen LogP contribution is 2.25. The third-order valence-electron chi connectivity index (χ3n) is 4.16. The second-order valence-corrected chi connectivity index (χ2v) is 5.76. The number of amides is 2. The quantitative estimate of drug-likeness (QED) is 0.798. The summed E-state index contributed by atoms with van der Waals surface area (Å²) < 4.78 is 5.12. The molecule has 0 aliphatic carbocycles. The van der Waals surface area contributed by atoms with E-state index in [2.05, 4.69) is 0 Å². The number of nitrogens with zero attached hydrogens (tertiary/aromatic N) is 1. The molecule has 3 rings (SSSR count). The molecule has 1 atom stereocenters. The molecule has 1 fully saturated rings. The molecule has 23 heavy (non-hydrogen) atoms. The Labute approximate surface area is 135 Å². The van der Waals surface area contributed by atoms with E-state index in [1.54, 1.807) is 7.11 Å². The van der Waals surface area contributed by atoms with E-state index in [-0.39, 0.29) is 17.7 Å². The van der Waals surface area contributed by atoms with Crippen molar-refractivity contribution in [3.05, 3.63) is 65.7 Å². The van der Waals surface area contributed by atoms with Crippen LogP contribution in [0.2, 0.25) is 0 Å². The van der Waals surface area contributed by atoms with E-state index >= 15 is 0 Å². The summed E-state index contributed by atoms with van der Waals surface area (Å²) in [7, 11) is 1.61. The monoisotopic (exact) mass is 309 g/mol. The Morgan fingerprint density at radius 3 is 2.35 bits per heavy atom. The molecule has 118 valence electrons. The van der Waals surface area contributed by atoms with Crippen LogP contribution in [0.1, 0.15) is 17.5 Å². The molecule has 4 nitrogen and oxygen atoms in total. The number of carbonyl (C=O) groups is 2. The summed E-state index contributed by atoms with van der Waals surface area (Å²) in [4.78, 5) is 26.1. The van der Waals surface area contributed by atoms with Crippen LogP contribution in [0.15, 0.2) is 54.6 Å². The van der Waals surface area contributed by atoms with Gasteiger partial charge in [-0.15, -0.1) is 0 Å². The number of ether oxygens (including phenoxy) is 1. The Bertz CT molecular complexity index is 694. The van der Waals surface area contributed by atoms with Crippen molar-refractivity contribution in [1.29, 1.82) is 0 Å². The van der Waals surface area contributed by atoms with E-state index in [1.165, 1.54) is 4.90 Å². The van der Waals surface area contributed by atoms with Gasteiger partial charge in [-0.25, -0.2) is 0 Å². The van der Waals surface area contributed by atoms with Gasteiger partial charge in [0.1, 0.15) is 5.75 Å². The van der Waals surface area contributed by atoms with Gasteiger partial charge in [0.25, 0.3) is 0 Å². The standard InChI is InChI=1S/C19H19NO3/c1-23-17-9-7-15(8-10-17)13-20-18(21)12-16(19(20)22)11-14-5-3-2-4-6-14/h2-10,16H,11-13H2,1H3. The first kappa shape index (κ1) is 15.3. The Hall–Kier alpha value is -2.62. The minimum atomic E-state index is -0.247. The summed E-state index contributed by atoms with van der Waals surface area (Å²) in [5, 5.41) is 0. The second kappa shape index (κ2) is 6.65. The van der Waals surface area contributed by atoms with Crippen LogP contribution in [-0.4, -0.2) is 23.8 Å². The number of hydrogen-bond acceptors (Lipinski definition) is 3. The summed E-state index contributed by atoms with van der Waals surface area (Å²) in [6.07, 6.45) is 0.911. The molecule has 1 unspecified atom stereocenters. The molecule has 1 heterocycles. The van der Waals surface area contributed by atoms with Crippen LogP contribution in [0.4, 0.5) is 0 Å². The molecule has 1 aliphatic rings. The van der Waals surface area contributed by atoms with E-state index in [4.69, 9.17) is 4.74 Å². The number of rotatable bonds is 5. The van der Waals surface area contributed by atoms with Crippen LogP contribution in [0.25, 0.3) is 0 Å². The molecule has 1 aliphatic heterocycles. The number of imide groups is 1. The molecule has 0 spiro atoms. The number of hydrogen-bond donors (Lipinski definition) is 0. The topological polar surface area (TPSA) is 46.6 Å². The van der Waals surface area contributed by atoms with Gasteiger partial charge in [0.15, 0.2) is 0 Å². The first-order chi connectivity index (χ1) is 11.2. The fourth-order valence-electron chi connectivity index (χ4n) is 2.89. The lowest BCUT2D eigenvalue weighted by molar-refractivity contribution is -0.140. The fourth-order valence-corrected chi connectivity index (χ4v) is 2.89. The van der Waals surface area contributed by atoms with Crippen molar-refractivity contribution in [1.82, 2.24) is 4.90 Å². The summed E-state index contributed by atoms with van der Waals surface area (Å²) in [5.74, 6) is 0.347. The van der Waals surface area contributed by atoms with E-state index < -0.39 is 0 Å². The largest absolute Gasteiger partial charge is 0.497 e. The lowest BCUT2D eigenvalue weighted by Crippen LogP contribution is -2.30. The van der Waals surface area contributed by atoms with Gasteiger partial charge < -0.3 is 4.74 Å². The minimum absolute atomic E-state index is 0.0744. The molecule has 0 radical (unpaired) electrons. The lowest BCUT2D eigenvalue weighted by Gasteiger charge is -2.15. The van der Waals surface area contributed by atoms with Crippen molar-refractivity contribution in [3.8, 4) is 5.75 Å². The van der Waals surface area contributed by atoms with E-state index in [0.29, 0.717) is 19.4 Å². The van der Waals surface area contributed by atoms with Crippen LogP contribution in [0, 0.1) is 5.92 Å². The van der Waals surface area contributed by atoms with Crippen molar-refractivity contribution < 1.29 is 14.3 Å². The highest BCUT2D eigenvalue weighted by molar-refractivity contribution is 6.03. The maximum atomic E-state index is 12.5. The summed E-state index contributed by atoms with van der Waals surface area (Å²) >= 11 is 0. The third-order valence-corrected chi connectivity index (χ3v) is 4.16. The fraction of sp³-hybridized carbons (Fsp3) is 0.263. The summed E-state index contributed by atoms with van der Waals surface area (Å²) in [6, 6.07) is 17.3. The van der Waals surface area contributed by atoms with Crippen LogP contribution in [0.3, 0.4) is 0 Å². The molecule has 0 bridgehead atoms. The van der Waals surface area contributed by atoms with Crippen molar-refractivity contribution in [2.24, 2.45) is 5.92 Å². The van der Waals surface area contributed by atoms with E-state index in [9.17, 15) is 9.59 Å². The first-order valence-electron chi connectivity index (χ1n) is 7.68. The average molecular weight is 309 g/mol. The van der Waals surface area contributed by atoms with Crippen molar-refractivity contribution >= 4 is 11.8 Å².